The number of carbonyl (C=O) groups is 3. The number of aliphatic carboxylic acids is 1. The van der Waals surface area contributed by atoms with Crippen molar-refractivity contribution in [2.24, 2.45) is 5.73 Å². The number of Topliss-reactive ketones (excluding diaryl/α,β-unsaturated/α-hetero) is 1. The normalized spacial score (nSPS) is 9.43. The number of halogens is 1. The van der Waals surface area contributed by atoms with Crippen molar-refractivity contribution < 1.29 is 29.0 Å². The molecule has 7 nitrogen and oxygen atoms in total. The molecule has 0 aliphatic heterocycles. The lowest BCUT2D eigenvalue weighted by Gasteiger charge is -2.11. The zero-order chi connectivity index (χ0) is 15.1. The molecule has 116 valence electrons. The third kappa shape index (κ3) is 6.24. The Balaban J connectivity index is 0.00000400. The van der Waals surface area contributed by atoms with Gasteiger partial charge in [0.05, 0.1) is 6.54 Å². The molecule has 0 saturated carbocycles. The van der Waals surface area contributed by atoms with Crippen LogP contribution in [0, 0.1) is 0 Å². The van der Waals surface area contributed by atoms with E-state index in [1.165, 1.54) is 25.1 Å². The molecular formula is C13H16ClNO6. The summed E-state index contributed by atoms with van der Waals surface area (Å²) in [4.78, 5) is 32.8. The summed E-state index contributed by atoms with van der Waals surface area (Å²) in [6, 6.07) is 4.39. The van der Waals surface area contributed by atoms with Crippen molar-refractivity contribution in [3.05, 3.63) is 29.3 Å². The van der Waals surface area contributed by atoms with Crippen LogP contribution < -0.4 is 10.5 Å². The molecule has 0 heterocycles. The predicted molar refractivity (Wildman–Crippen MR) is 75.7 cm³/mol. The van der Waals surface area contributed by atoms with E-state index < -0.39 is 18.5 Å². The third-order valence-corrected chi connectivity index (χ3v) is 2.35. The molecule has 0 radical (unpaired) electrons. The van der Waals surface area contributed by atoms with E-state index in [1.807, 2.05) is 0 Å². The summed E-state index contributed by atoms with van der Waals surface area (Å²) in [6.07, 6.45) is 0. The Morgan fingerprint density at radius 3 is 2.48 bits per heavy atom. The van der Waals surface area contributed by atoms with Crippen molar-refractivity contribution in [3.8, 4) is 5.75 Å². The number of ether oxygens (including phenoxy) is 2. The monoisotopic (exact) mass is 317 g/mol. The van der Waals surface area contributed by atoms with Gasteiger partial charge in [-0.2, -0.15) is 0 Å². The minimum atomic E-state index is -1.13. The van der Waals surface area contributed by atoms with Gasteiger partial charge in [0.1, 0.15) is 12.4 Å². The topological polar surface area (TPSA) is 116 Å². The van der Waals surface area contributed by atoms with Crippen LogP contribution in [0.15, 0.2) is 18.2 Å². The number of carboxylic acid groups (broad SMARTS) is 1. The fourth-order valence-electron chi connectivity index (χ4n) is 1.44. The summed E-state index contributed by atoms with van der Waals surface area (Å²) in [5.41, 5.74) is 6.02. The molecule has 0 saturated heterocycles. The van der Waals surface area contributed by atoms with E-state index in [9.17, 15) is 14.4 Å². The maximum Gasteiger partial charge on any atom is 0.341 e. The van der Waals surface area contributed by atoms with E-state index in [0.29, 0.717) is 11.1 Å². The van der Waals surface area contributed by atoms with E-state index in [2.05, 4.69) is 0 Å². The van der Waals surface area contributed by atoms with Gasteiger partial charge in [-0.15, -0.1) is 12.4 Å². The molecule has 0 aliphatic rings. The second-order valence-electron chi connectivity index (χ2n) is 3.91. The Hall–Kier alpha value is -2.12. The lowest BCUT2D eigenvalue weighted by molar-refractivity contribution is -0.142. The molecule has 0 fully saturated rings. The van der Waals surface area contributed by atoms with Gasteiger partial charge in [0, 0.05) is 18.1 Å². The highest BCUT2D eigenvalue weighted by atomic mass is 35.5. The highest BCUT2D eigenvalue weighted by Gasteiger charge is 2.12. The molecule has 8 heteroatoms. The first-order chi connectivity index (χ1) is 9.43. The van der Waals surface area contributed by atoms with Gasteiger partial charge in [0.25, 0.3) is 0 Å². The third-order valence-electron chi connectivity index (χ3n) is 2.35. The number of rotatable bonds is 7. The van der Waals surface area contributed by atoms with Crippen molar-refractivity contribution in [1.82, 2.24) is 0 Å². The number of hydrogen-bond acceptors (Lipinski definition) is 6. The number of benzene rings is 1. The molecule has 1 aromatic carbocycles. The minimum absolute atomic E-state index is 0. The average molecular weight is 318 g/mol. The summed E-state index contributed by atoms with van der Waals surface area (Å²) in [5, 5.41) is 8.58. The Bertz CT molecular complexity index is 531. The lowest BCUT2D eigenvalue weighted by Crippen LogP contribution is -2.15. The maximum atomic E-state index is 11.5. The second kappa shape index (κ2) is 8.93. The van der Waals surface area contributed by atoms with Gasteiger partial charge in [0.2, 0.25) is 0 Å². The van der Waals surface area contributed by atoms with Crippen LogP contribution >= 0.6 is 12.4 Å². The van der Waals surface area contributed by atoms with Crippen molar-refractivity contribution in [2.45, 2.75) is 13.5 Å². The standard InChI is InChI=1S/C13H15NO6.ClH/c1-8(15)19-6-10-4-9(11(16)5-14)2-3-12(10)20-7-13(17)18;/h2-4H,5-7,14H2,1H3,(H,17,18);1H. The van der Waals surface area contributed by atoms with Gasteiger partial charge in [0.15, 0.2) is 12.4 Å². The van der Waals surface area contributed by atoms with Gasteiger partial charge in [-0.3, -0.25) is 9.59 Å². The van der Waals surface area contributed by atoms with Crippen molar-refractivity contribution in [3.63, 3.8) is 0 Å². The molecule has 0 aliphatic carbocycles. The number of carboxylic acids is 1. The van der Waals surface area contributed by atoms with Crippen molar-refractivity contribution in [1.29, 1.82) is 0 Å². The molecule has 0 aromatic heterocycles. The fourth-order valence-corrected chi connectivity index (χ4v) is 1.44. The Morgan fingerprint density at radius 2 is 1.95 bits per heavy atom. The highest BCUT2D eigenvalue weighted by Crippen LogP contribution is 2.21. The van der Waals surface area contributed by atoms with Crippen molar-refractivity contribution in [2.75, 3.05) is 13.2 Å². The predicted octanol–water partition coefficient (Wildman–Crippen LogP) is 0.776. The van der Waals surface area contributed by atoms with Gasteiger partial charge < -0.3 is 20.3 Å². The molecule has 0 bridgehead atoms. The first-order valence-corrected chi connectivity index (χ1v) is 5.78. The molecule has 0 amide bonds. The average Bonchev–Trinajstić information content (AvgIpc) is 2.42. The van der Waals surface area contributed by atoms with Crippen LogP contribution in [0.2, 0.25) is 0 Å². The molecule has 1 rings (SSSR count). The van der Waals surface area contributed by atoms with E-state index in [0.717, 1.165) is 0 Å². The summed E-state index contributed by atoms with van der Waals surface area (Å²) >= 11 is 0. The summed E-state index contributed by atoms with van der Waals surface area (Å²) in [7, 11) is 0. The Morgan fingerprint density at radius 1 is 1.29 bits per heavy atom. The Kier molecular flexibility index (Phi) is 8.03. The molecule has 3 N–H and O–H groups in total. The minimum Gasteiger partial charge on any atom is -0.481 e. The van der Waals surface area contributed by atoms with Crippen LogP contribution in [-0.2, 0) is 20.9 Å². The molecule has 0 spiro atoms. The van der Waals surface area contributed by atoms with Gasteiger partial charge in [-0.05, 0) is 18.2 Å². The number of nitrogens with two attached hydrogens (primary N) is 1. The molecule has 0 unspecified atom stereocenters. The number of esters is 1. The van der Waals surface area contributed by atoms with Crippen LogP contribution in [0.5, 0.6) is 5.75 Å². The molecule has 0 atom stereocenters. The quantitative estimate of drug-likeness (QED) is 0.563. The summed E-state index contributed by atoms with van der Waals surface area (Å²) in [6.45, 7) is 0.447. The van der Waals surface area contributed by atoms with E-state index >= 15 is 0 Å². The summed E-state index contributed by atoms with van der Waals surface area (Å²) < 4.78 is 9.90. The molecule has 1 aromatic rings. The van der Waals surface area contributed by atoms with Gasteiger partial charge in [-0.25, -0.2) is 4.79 Å². The summed E-state index contributed by atoms with van der Waals surface area (Å²) in [5.74, 6) is -1.67. The highest BCUT2D eigenvalue weighted by molar-refractivity contribution is 5.97. The van der Waals surface area contributed by atoms with E-state index in [1.54, 1.807) is 0 Å². The van der Waals surface area contributed by atoms with Crippen LogP contribution in [0.25, 0.3) is 0 Å². The van der Waals surface area contributed by atoms with E-state index in [4.69, 9.17) is 20.3 Å². The zero-order valence-corrected chi connectivity index (χ0v) is 12.1. The lowest BCUT2D eigenvalue weighted by atomic mass is 10.1. The van der Waals surface area contributed by atoms with Gasteiger partial charge >= 0.3 is 11.9 Å². The molecular weight excluding hydrogens is 302 g/mol. The smallest absolute Gasteiger partial charge is 0.341 e. The van der Waals surface area contributed by atoms with E-state index in [-0.39, 0.29) is 37.1 Å². The second-order valence-corrected chi connectivity index (χ2v) is 3.91. The van der Waals surface area contributed by atoms with Crippen LogP contribution in [0.4, 0.5) is 0 Å². The van der Waals surface area contributed by atoms with Crippen molar-refractivity contribution >= 4 is 30.1 Å². The van der Waals surface area contributed by atoms with Crippen LogP contribution in [0.3, 0.4) is 0 Å². The SMILES string of the molecule is CC(=O)OCc1cc(C(=O)CN)ccc1OCC(=O)O.Cl. The van der Waals surface area contributed by atoms with Crippen LogP contribution in [-0.4, -0.2) is 36.0 Å². The Labute approximate surface area is 127 Å². The largest absolute Gasteiger partial charge is 0.481 e. The van der Waals surface area contributed by atoms with Crippen LogP contribution in [0.1, 0.15) is 22.8 Å². The first kappa shape index (κ1) is 18.9. The zero-order valence-electron chi connectivity index (χ0n) is 11.3. The first-order valence-electron chi connectivity index (χ1n) is 5.78. The van der Waals surface area contributed by atoms with Gasteiger partial charge in [-0.1, -0.05) is 0 Å². The molecule has 21 heavy (non-hydrogen) atoms. The number of ketones is 1. The maximum absolute atomic E-state index is 11.5. The fraction of sp³-hybridized carbons (Fsp3) is 0.308. The number of carbonyl (C=O) groups excluding carboxylic acids is 2. The number of hydrogen-bond donors (Lipinski definition) is 2.